The molecule has 0 atom stereocenters. The molecule has 0 N–H and O–H groups in total. The highest BCUT2D eigenvalue weighted by Gasteiger charge is 2.22. The summed E-state index contributed by atoms with van der Waals surface area (Å²) >= 11 is 0. The minimum absolute atomic E-state index is 1.13. The van der Waals surface area contributed by atoms with Crippen molar-refractivity contribution < 1.29 is 0 Å². The van der Waals surface area contributed by atoms with Crippen molar-refractivity contribution in [2.45, 2.75) is 6.92 Å². The molecular formula is C61H42N2. The van der Waals surface area contributed by atoms with Gasteiger partial charge in [-0.25, -0.2) is 0 Å². The van der Waals surface area contributed by atoms with Crippen LogP contribution >= 0.6 is 0 Å². The van der Waals surface area contributed by atoms with Gasteiger partial charge in [-0.15, -0.1) is 0 Å². The Morgan fingerprint density at radius 1 is 0.270 bits per heavy atom. The second kappa shape index (κ2) is 15.1. The molecule has 0 unspecified atom stereocenters. The molecule has 63 heavy (non-hydrogen) atoms. The van der Waals surface area contributed by atoms with Crippen LogP contribution in [0.4, 0.5) is 0 Å². The Balaban J connectivity index is 1.11. The summed E-state index contributed by atoms with van der Waals surface area (Å²) in [5.74, 6) is 0. The normalized spacial score (nSPS) is 11.6. The van der Waals surface area contributed by atoms with Gasteiger partial charge in [0.2, 0.25) is 0 Å². The summed E-state index contributed by atoms with van der Waals surface area (Å²) in [6.07, 6.45) is 0. The summed E-state index contributed by atoms with van der Waals surface area (Å²) in [6, 6.07) is 86.5. The molecule has 0 amide bonds. The van der Waals surface area contributed by atoms with Crippen LogP contribution in [0.5, 0.6) is 0 Å². The van der Waals surface area contributed by atoms with Gasteiger partial charge < -0.3 is 9.13 Å². The summed E-state index contributed by atoms with van der Waals surface area (Å²) in [7, 11) is 0. The first kappa shape index (κ1) is 36.6. The molecule has 0 fully saturated rings. The first-order valence-corrected chi connectivity index (χ1v) is 21.8. The molecule has 296 valence electrons. The third-order valence-electron chi connectivity index (χ3n) is 12.9. The molecule has 0 aliphatic heterocycles. The fourth-order valence-electron chi connectivity index (χ4n) is 9.96. The van der Waals surface area contributed by atoms with Crippen LogP contribution in [0, 0.1) is 6.92 Å². The molecule has 12 rings (SSSR count). The maximum absolute atomic E-state index is 2.53. The number of rotatable bonds is 7. The molecule has 2 nitrogen and oxygen atoms in total. The molecule has 0 saturated heterocycles. The molecule has 2 heterocycles. The molecule has 0 aliphatic carbocycles. The number of hydrogen-bond donors (Lipinski definition) is 0. The highest BCUT2D eigenvalue weighted by molar-refractivity contribution is 6.26. The summed E-state index contributed by atoms with van der Waals surface area (Å²) < 4.78 is 4.99. The van der Waals surface area contributed by atoms with Crippen LogP contribution in [0.25, 0.3) is 111 Å². The van der Waals surface area contributed by atoms with Gasteiger partial charge in [-0.2, -0.15) is 0 Å². The van der Waals surface area contributed by atoms with E-state index < -0.39 is 0 Å². The minimum atomic E-state index is 1.13. The SMILES string of the molecule is Cc1c(-c2ccccc2)cccc1-c1cc(-c2ccccc2)cc(-n2c3ccccc3c3ccc4c(c5ccccc5n4-c4cccc(-c5cccc(-c6ccccc6)c5)c4)c32)c1. The van der Waals surface area contributed by atoms with E-state index in [1.807, 2.05) is 0 Å². The van der Waals surface area contributed by atoms with E-state index in [1.54, 1.807) is 0 Å². The Morgan fingerprint density at radius 2 is 0.746 bits per heavy atom. The van der Waals surface area contributed by atoms with Crippen LogP contribution in [0.3, 0.4) is 0 Å². The average Bonchev–Trinajstić information content (AvgIpc) is 3.88. The second-order valence-electron chi connectivity index (χ2n) is 16.5. The maximum atomic E-state index is 2.53. The van der Waals surface area contributed by atoms with Gasteiger partial charge in [-0.05, 0) is 123 Å². The third kappa shape index (κ3) is 6.18. The van der Waals surface area contributed by atoms with Crippen molar-refractivity contribution in [2.75, 3.05) is 0 Å². The Labute approximate surface area is 367 Å². The Hall–Kier alpha value is -8.20. The smallest absolute Gasteiger partial charge is 0.0641 e. The first-order valence-electron chi connectivity index (χ1n) is 21.8. The quantitative estimate of drug-likeness (QED) is 0.152. The largest absolute Gasteiger partial charge is 0.309 e. The van der Waals surface area contributed by atoms with Crippen LogP contribution in [0.15, 0.2) is 237 Å². The molecule has 0 bridgehead atoms. The minimum Gasteiger partial charge on any atom is -0.309 e. The van der Waals surface area contributed by atoms with Gasteiger partial charge in [0.15, 0.2) is 0 Å². The summed E-state index contributed by atoms with van der Waals surface area (Å²) in [5, 5.41) is 4.94. The standard InChI is InChI=1S/C61H42N2/c1-41-52(44-22-9-4-10-23-44)30-17-31-53(41)49-37-48(43-20-7-3-8-21-43)39-51(40-49)63-57-32-13-11-28-54(57)55-34-35-59-60(61(55)63)56-29-12-14-33-58(56)62(59)50-27-16-26-47(38-50)46-25-15-24-45(36-46)42-18-5-2-6-19-42/h2-40H,1H3. The van der Waals surface area contributed by atoms with E-state index in [4.69, 9.17) is 0 Å². The predicted molar refractivity (Wildman–Crippen MR) is 267 cm³/mol. The van der Waals surface area contributed by atoms with E-state index in [0.29, 0.717) is 0 Å². The van der Waals surface area contributed by atoms with Crippen LogP contribution in [-0.4, -0.2) is 9.13 Å². The summed E-state index contributed by atoms with van der Waals surface area (Å²) in [6.45, 7) is 2.26. The molecule has 0 saturated carbocycles. The molecule has 2 heteroatoms. The van der Waals surface area contributed by atoms with Crippen molar-refractivity contribution in [3.8, 4) is 67.0 Å². The van der Waals surface area contributed by atoms with Crippen molar-refractivity contribution in [2.24, 2.45) is 0 Å². The summed E-state index contributed by atoms with van der Waals surface area (Å²) in [4.78, 5) is 0. The van der Waals surface area contributed by atoms with Gasteiger partial charge in [0.25, 0.3) is 0 Å². The number of aromatic nitrogens is 2. The van der Waals surface area contributed by atoms with Crippen LogP contribution < -0.4 is 0 Å². The number of benzene rings is 10. The molecule has 0 aliphatic rings. The lowest BCUT2D eigenvalue weighted by Crippen LogP contribution is -1.98. The molecular weight excluding hydrogens is 761 g/mol. The number of fused-ring (bicyclic) bond motifs is 7. The van der Waals surface area contributed by atoms with Crippen LogP contribution in [0.2, 0.25) is 0 Å². The topological polar surface area (TPSA) is 9.86 Å². The Morgan fingerprint density at radius 3 is 1.46 bits per heavy atom. The molecule has 0 spiro atoms. The van der Waals surface area contributed by atoms with Gasteiger partial charge in [0.05, 0.1) is 22.1 Å². The van der Waals surface area contributed by atoms with E-state index in [2.05, 4.69) is 253 Å². The van der Waals surface area contributed by atoms with Crippen molar-refractivity contribution in [1.82, 2.24) is 9.13 Å². The molecule has 10 aromatic carbocycles. The number of para-hydroxylation sites is 2. The average molecular weight is 803 g/mol. The van der Waals surface area contributed by atoms with Gasteiger partial charge >= 0.3 is 0 Å². The van der Waals surface area contributed by atoms with Gasteiger partial charge in [0, 0.05) is 32.9 Å². The first-order chi connectivity index (χ1) is 31.2. The summed E-state index contributed by atoms with van der Waals surface area (Å²) in [5.41, 5.74) is 20.3. The van der Waals surface area contributed by atoms with Crippen LogP contribution in [0.1, 0.15) is 5.56 Å². The van der Waals surface area contributed by atoms with Crippen molar-refractivity contribution in [3.05, 3.63) is 242 Å². The zero-order chi connectivity index (χ0) is 41.9. The predicted octanol–water partition coefficient (Wildman–Crippen LogP) is 16.5. The molecule has 2 aromatic heterocycles. The van der Waals surface area contributed by atoms with Crippen molar-refractivity contribution in [3.63, 3.8) is 0 Å². The molecule has 12 aromatic rings. The Bertz CT molecular complexity index is 3670. The van der Waals surface area contributed by atoms with Crippen molar-refractivity contribution >= 4 is 43.6 Å². The molecule has 0 radical (unpaired) electrons. The van der Waals surface area contributed by atoms with E-state index in [1.165, 1.54) is 105 Å². The van der Waals surface area contributed by atoms with Crippen LogP contribution in [-0.2, 0) is 0 Å². The fraction of sp³-hybridized carbons (Fsp3) is 0.0164. The zero-order valence-corrected chi connectivity index (χ0v) is 34.9. The number of nitrogens with zero attached hydrogens (tertiary/aromatic N) is 2. The van der Waals surface area contributed by atoms with Gasteiger partial charge in [0.1, 0.15) is 0 Å². The Kier molecular flexibility index (Phi) is 8.76. The van der Waals surface area contributed by atoms with Gasteiger partial charge in [-0.3, -0.25) is 0 Å². The van der Waals surface area contributed by atoms with Crippen molar-refractivity contribution in [1.29, 1.82) is 0 Å². The van der Waals surface area contributed by atoms with E-state index in [0.717, 1.165) is 11.4 Å². The van der Waals surface area contributed by atoms with E-state index >= 15 is 0 Å². The third-order valence-corrected chi connectivity index (χ3v) is 12.9. The lowest BCUT2D eigenvalue weighted by molar-refractivity contribution is 1.17. The van der Waals surface area contributed by atoms with Gasteiger partial charge in [-0.1, -0.05) is 182 Å². The second-order valence-corrected chi connectivity index (χ2v) is 16.5. The highest BCUT2D eigenvalue weighted by atomic mass is 15.0. The monoisotopic (exact) mass is 802 g/mol. The lowest BCUT2D eigenvalue weighted by atomic mass is 9.91. The highest BCUT2D eigenvalue weighted by Crippen LogP contribution is 2.44. The lowest BCUT2D eigenvalue weighted by Gasteiger charge is -2.17. The maximum Gasteiger partial charge on any atom is 0.0641 e. The zero-order valence-electron chi connectivity index (χ0n) is 34.9. The van der Waals surface area contributed by atoms with E-state index in [9.17, 15) is 0 Å². The fourth-order valence-corrected chi connectivity index (χ4v) is 9.96. The van der Waals surface area contributed by atoms with E-state index in [-0.39, 0.29) is 0 Å². The number of hydrogen-bond acceptors (Lipinski definition) is 0.